The molecule has 0 saturated heterocycles. The first-order valence-electron chi connectivity index (χ1n) is 5.46. The Labute approximate surface area is 113 Å². The van der Waals surface area contributed by atoms with Crippen molar-refractivity contribution in [1.29, 1.82) is 0 Å². The average Bonchev–Trinajstić information content (AvgIpc) is 2.26. The molecule has 0 heterocycles. The van der Waals surface area contributed by atoms with E-state index >= 15 is 0 Å². The van der Waals surface area contributed by atoms with Crippen molar-refractivity contribution in [2.75, 3.05) is 6.54 Å². The van der Waals surface area contributed by atoms with Gasteiger partial charge in [-0.15, -0.1) is 0 Å². The largest absolute Gasteiger partial charge is 0.416 e. The monoisotopic (exact) mass is 324 g/mol. The quantitative estimate of drug-likeness (QED) is 0.891. The van der Waals surface area contributed by atoms with Crippen LogP contribution in [0.25, 0.3) is 0 Å². The summed E-state index contributed by atoms with van der Waals surface area (Å²) in [6.45, 7) is 4.53. The maximum Gasteiger partial charge on any atom is 0.416 e. The second-order valence-corrected chi connectivity index (χ2v) is 5.60. The molecule has 0 saturated carbocycles. The lowest BCUT2D eigenvalue weighted by Crippen LogP contribution is -2.45. The molecule has 0 fully saturated rings. The summed E-state index contributed by atoms with van der Waals surface area (Å²) in [5.41, 5.74) is 5.16. The summed E-state index contributed by atoms with van der Waals surface area (Å²) in [7, 11) is 0. The third-order valence-corrected chi connectivity index (χ3v) is 3.41. The van der Waals surface area contributed by atoms with Crippen molar-refractivity contribution >= 4 is 15.9 Å². The number of nitrogens with two attached hydrogens (primary N) is 1. The van der Waals surface area contributed by atoms with Gasteiger partial charge >= 0.3 is 6.18 Å². The highest BCUT2D eigenvalue weighted by molar-refractivity contribution is 9.10. The van der Waals surface area contributed by atoms with Crippen LogP contribution in [0, 0.1) is 0 Å². The number of alkyl halides is 3. The maximum atomic E-state index is 12.6. The lowest BCUT2D eigenvalue weighted by molar-refractivity contribution is -0.137. The average molecular weight is 325 g/mol. The van der Waals surface area contributed by atoms with Gasteiger partial charge in [0.15, 0.2) is 0 Å². The molecular formula is C12H16BrF3N2. The zero-order valence-electron chi connectivity index (χ0n) is 10.2. The third-order valence-electron chi connectivity index (χ3n) is 2.64. The molecule has 6 heteroatoms. The molecule has 0 bridgehead atoms. The van der Waals surface area contributed by atoms with Crippen molar-refractivity contribution in [3.05, 3.63) is 33.8 Å². The summed E-state index contributed by atoms with van der Waals surface area (Å²) in [6.07, 6.45) is -4.32. The van der Waals surface area contributed by atoms with Crippen molar-refractivity contribution in [3.8, 4) is 0 Å². The topological polar surface area (TPSA) is 38.0 Å². The number of halogens is 4. The van der Waals surface area contributed by atoms with Gasteiger partial charge in [0.1, 0.15) is 0 Å². The van der Waals surface area contributed by atoms with Gasteiger partial charge in [-0.05, 0) is 37.6 Å². The van der Waals surface area contributed by atoms with Crippen molar-refractivity contribution in [2.24, 2.45) is 5.73 Å². The third kappa shape index (κ3) is 4.26. The Kier molecular flexibility index (Phi) is 4.80. The highest BCUT2D eigenvalue weighted by Gasteiger charge is 2.30. The minimum atomic E-state index is -4.32. The number of benzene rings is 1. The lowest BCUT2D eigenvalue weighted by atomic mass is 10.0. The smallest absolute Gasteiger partial charge is 0.329 e. The summed E-state index contributed by atoms with van der Waals surface area (Å²) >= 11 is 3.25. The van der Waals surface area contributed by atoms with Crippen molar-refractivity contribution in [3.63, 3.8) is 0 Å². The summed E-state index contributed by atoms with van der Waals surface area (Å²) in [5, 5.41) is 3.12. The summed E-state index contributed by atoms with van der Waals surface area (Å²) in [4.78, 5) is 0. The fourth-order valence-corrected chi connectivity index (χ4v) is 1.68. The van der Waals surface area contributed by atoms with Gasteiger partial charge in [-0.2, -0.15) is 13.2 Å². The van der Waals surface area contributed by atoms with Crippen LogP contribution in [-0.2, 0) is 12.7 Å². The molecule has 0 atom stereocenters. The van der Waals surface area contributed by atoms with Gasteiger partial charge in [0.2, 0.25) is 0 Å². The SMILES string of the molecule is CC(C)(CN)NCc1cc(C(F)(F)F)ccc1Br. The minimum absolute atomic E-state index is 0.312. The van der Waals surface area contributed by atoms with Gasteiger partial charge in [-0.3, -0.25) is 0 Å². The molecule has 3 N–H and O–H groups in total. The molecule has 0 aliphatic heterocycles. The second-order valence-electron chi connectivity index (χ2n) is 4.75. The normalized spacial score (nSPS) is 12.8. The van der Waals surface area contributed by atoms with Crippen LogP contribution in [0.2, 0.25) is 0 Å². The van der Waals surface area contributed by atoms with Gasteiger partial charge in [0.25, 0.3) is 0 Å². The van der Waals surface area contributed by atoms with Crippen LogP contribution in [0.15, 0.2) is 22.7 Å². The van der Waals surface area contributed by atoms with Crippen molar-refractivity contribution < 1.29 is 13.2 Å². The van der Waals surface area contributed by atoms with Crippen molar-refractivity contribution in [1.82, 2.24) is 5.32 Å². The first-order chi connectivity index (χ1) is 8.15. The highest BCUT2D eigenvalue weighted by Crippen LogP contribution is 2.31. The molecule has 0 amide bonds. The van der Waals surface area contributed by atoms with E-state index < -0.39 is 11.7 Å². The molecule has 18 heavy (non-hydrogen) atoms. The Morgan fingerprint density at radius 3 is 2.39 bits per heavy atom. The van der Waals surface area contributed by atoms with Gasteiger partial charge in [-0.25, -0.2) is 0 Å². The lowest BCUT2D eigenvalue weighted by Gasteiger charge is -2.25. The molecule has 1 aromatic rings. The molecule has 0 unspecified atom stereocenters. The Bertz CT molecular complexity index is 416. The Morgan fingerprint density at radius 1 is 1.28 bits per heavy atom. The van der Waals surface area contributed by atoms with Gasteiger partial charge in [0, 0.05) is 23.1 Å². The molecular weight excluding hydrogens is 309 g/mol. The van der Waals surface area contributed by atoms with Crippen LogP contribution < -0.4 is 11.1 Å². The van der Waals surface area contributed by atoms with Gasteiger partial charge in [0.05, 0.1) is 5.56 Å². The van der Waals surface area contributed by atoms with Crippen molar-refractivity contribution in [2.45, 2.75) is 32.1 Å². The van der Waals surface area contributed by atoms with E-state index in [1.807, 2.05) is 13.8 Å². The van der Waals surface area contributed by atoms with E-state index in [4.69, 9.17) is 5.73 Å². The van der Waals surface area contributed by atoms with E-state index in [1.165, 1.54) is 6.07 Å². The van der Waals surface area contributed by atoms with Crippen LogP contribution in [-0.4, -0.2) is 12.1 Å². The number of hydrogen-bond donors (Lipinski definition) is 2. The van der Waals surface area contributed by atoms with E-state index in [9.17, 15) is 13.2 Å². The first-order valence-corrected chi connectivity index (χ1v) is 6.26. The fourth-order valence-electron chi connectivity index (χ4n) is 1.29. The number of rotatable bonds is 4. The second kappa shape index (κ2) is 5.59. The van der Waals surface area contributed by atoms with E-state index in [0.717, 1.165) is 12.1 Å². The first kappa shape index (κ1) is 15.5. The Hall–Kier alpha value is -0.590. The molecule has 0 aliphatic carbocycles. The van der Waals surface area contributed by atoms with Crippen LogP contribution in [0.3, 0.4) is 0 Å². The summed E-state index contributed by atoms with van der Waals surface area (Å²) in [5.74, 6) is 0. The predicted molar refractivity (Wildman–Crippen MR) is 69.1 cm³/mol. The number of nitrogens with one attached hydrogen (secondary N) is 1. The maximum absolute atomic E-state index is 12.6. The van der Waals surface area contributed by atoms with Crippen LogP contribution in [0.5, 0.6) is 0 Å². The molecule has 1 aromatic carbocycles. The molecule has 0 radical (unpaired) electrons. The summed E-state index contributed by atoms with van der Waals surface area (Å²) < 4.78 is 38.4. The van der Waals surface area contributed by atoms with Crippen LogP contribution in [0.4, 0.5) is 13.2 Å². The molecule has 102 valence electrons. The van der Waals surface area contributed by atoms with E-state index in [-0.39, 0.29) is 5.54 Å². The Morgan fingerprint density at radius 2 is 1.89 bits per heavy atom. The molecule has 0 spiro atoms. The van der Waals surface area contributed by atoms with Gasteiger partial charge < -0.3 is 11.1 Å². The minimum Gasteiger partial charge on any atom is -0.329 e. The number of hydrogen-bond acceptors (Lipinski definition) is 2. The molecule has 0 aromatic heterocycles. The van der Waals surface area contributed by atoms with E-state index in [2.05, 4.69) is 21.2 Å². The fraction of sp³-hybridized carbons (Fsp3) is 0.500. The zero-order valence-corrected chi connectivity index (χ0v) is 11.8. The molecule has 0 aliphatic rings. The predicted octanol–water partition coefficient (Wildman–Crippen LogP) is 3.29. The van der Waals surface area contributed by atoms with Crippen LogP contribution >= 0.6 is 15.9 Å². The van der Waals surface area contributed by atoms with E-state index in [1.54, 1.807) is 0 Å². The zero-order chi connectivity index (χ0) is 14.0. The standard InChI is InChI=1S/C12H16BrF3N2/c1-11(2,7-17)18-6-8-5-9(12(14,15)16)3-4-10(8)13/h3-5,18H,6-7,17H2,1-2H3. The summed E-state index contributed by atoms with van der Waals surface area (Å²) in [6, 6.07) is 3.61. The van der Waals surface area contributed by atoms with E-state index in [0.29, 0.717) is 23.1 Å². The van der Waals surface area contributed by atoms with Gasteiger partial charge in [-0.1, -0.05) is 15.9 Å². The molecule has 2 nitrogen and oxygen atoms in total. The Balaban J connectivity index is 2.89. The highest BCUT2D eigenvalue weighted by atomic mass is 79.9. The van der Waals surface area contributed by atoms with Crippen LogP contribution in [0.1, 0.15) is 25.0 Å². The molecule has 1 rings (SSSR count).